The lowest BCUT2D eigenvalue weighted by atomic mass is 10.1. The highest BCUT2D eigenvalue weighted by Crippen LogP contribution is 2.20. The summed E-state index contributed by atoms with van der Waals surface area (Å²) in [7, 11) is 0. The Labute approximate surface area is 175 Å². The van der Waals surface area contributed by atoms with E-state index in [0.717, 1.165) is 16.9 Å². The number of benzene rings is 2. The van der Waals surface area contributed by atoms with Gasteiger partial charge in [-0.15, -0.1) is 0 Å². The fourth-order valence-electron chi connectivity index (χ4n) is 3.42. The minimum atomic E-state index is -0.0212. The van der Waals surface area contributed by atoms with Crippen molar-refractivity contribution in [3.8, 4) is 11.3 Å². The van der Waals surface area contributed by atoms with Crippen molar-refractivity contribution >= 4 is 23.5 Å². The number of aromatic nitrogens is 2. The minimum Gasteiger partial charge on any atom is -0.339 e. The van der Waals surface area contributed by atoms with E-state index in [1.807, 2.05) is 48.5 Å². The molecule has 1 fully saturated rings. The van der Waals surface area contributed by atoms with Crippen LogP contribution in [-0.2, 0) is 4.79 Å². The summed E-state index contributed by atoms with van der Waals surface area (Å²) < 4.78 is 0. The van der Waals surface area contributed by atoms with Crippen LogP contribution in [0.4, 0.5) is 11.6 Å². The maximum absolute atomic E-state index is 12.7. The predicted molar refractivity (Wildman–Crippen MR) is 115 cm³/mol. The molecular formula is C23H23N5O2. The molecule has 3 aromatic rings. The lowest BCUT2D eigenvalue weighted by Crippen LogP contribution is -2.50. The number of piperazine rings is 1. The molecule has 0 saturated carbocycles. The summed E-state index contributed by atoms with van der Waals surface area (Å²) in [4.78, 5) is 36.6. The van der Waals surface area contributed by atoms with Gasteiger partial charge in [0.1, 0.15) is 0 Å². The molecular weight excluding hydrogens is 378 g/mol. The normalized spacial score (nSPS) is 13.8. The van der Waals surface area contributed by atoms with Crippen molar-refractivity contribution in [2.45, 2.75) is 6.92 Å². The molecule has 30 heavy (non-hydrogen) atoms. The van der Waals surface area contributed by atoms with Crippen LogP contribution in [0, 0.1) is 0 Å². The van der Waals surface area contributed by atoms with Crippen molar-refractivity contribution in [1.29, 1.82) is 0 Å². The number of carbonyl (C=O) groups excluding carboxylic acids is 2. The van der Waals surface area contributed by atoms with Crippen molar-refractivity contribution in [1.82, 2.24) is 19.8 Å². The smallest absolute Gasteiger partial charge is 0.253 e. The molecule has 0 aliphatic carbocycles. The van der Waals surface area contributed by atoms with Crippen molar-refractivity contribution in [3.05, 3.63) is 72.4 Å². The van der Waals surface area contributed by atoms with Crippen LogP contribution in [0.15, 0.2) is 66.9 Å². The summed E-state index contributed by atoms with van der Waals surface area (Å²) in [6, 6.07) is 19.1. The van der Waals surface area contributed by atoms with Gasteiger partial charge in [0.2, 0.25) is 11.9 Å². The van der Waals surface area contributed by atoms with Gasteiger partial charge in [0.05, 0.1) is 5.69 Å². The van der Waals surface area contributed by atoms with Crippen molar-refractivity contribution < 1.29 is 9.59 Å². The van der Waals surface area contributed by atoms with Crippen LogP contribution in [0.1, 0.15) is 17.3 Å². The van der Waals surface area contributed by atoms with Crippen LogP contribution in [0.5, 0.6) is 0 Å². The maximum Gasteiger partial charge on any atom is 0.253 e. The van der Waals surface area contributed by atoms with Crippen LogP contribution in [0.2, 0.25) is 0 Å². The highest BCUT2D eigenvalue weighted by molar-refractivity contribution is 5.94. The topological polar surface area (TPSA) is 78.4 Å². The van der Waals surface area contributed by atoms with E-state index in [9.17, 15) is 9.59 Å². The molecule has 2 amide bonds. The molecule has 1 saturated heterocycles. The fraction of sp³-hybridized carbons (Fsp3) is 0.217. The van der Waals surface area contributed by atoms with Gasteiger partial charge >= 0.3 is 0 Å². The largest absolute Gasteiger partial charge is 0.339 e. The van der Waals surface area contributed by atoms with Gasteiger partial charge in [-0.1, -0.05) is 30.3 Å². The first-order chi connectivity index (χ1) is 14.6. The summed E-state index contributed by atoms with van der Waals surface area (Å²) in [5, 5.41) is 3.19. The molecule has 0 unspecified atom stereocenters. The highest BCUT2D eigenvalue weighted by atomic mass is 16.2. The lowest BCUT2D eigenvalue weighted by Gasteiger charge is -2.34. The summed E-state index contributed by atoms with van der Waals surface area (Å²) in [6.45, 7) is 3.82. The van der Waals surface area contributed by atoms with Gasteiger partial charge in [-0.2, -0.15) is 0 Å². The SMILES string of the molecule is CC(=O)N1CCN(C(=O)c2ccc(Nc3nccc(-c4ccccc4)n3)cc2)CC1. The second-order valence-corrected chi connectivity index (χ2v) is 7.13. The quantitative estimate of drug-likeness (QED) is 0.726. The van der Waals surface area contributed by atoms with E-state index < -0.39 is 0 Å². The van der Waals surface area contributed by atoms with Gasteiger partial charge in [-0.3, -0.25) is 9.59 Å². The monoisotopic (exact) mass is 401 g/mol. The Morgan fingerprint density at radius 2 is 1.53 bits per heavy atom. The lowest BCUT2D eigenvalue weighted by molar-refractivity contribution is -0.130. The number of carbonyl (C=O) groups is 2. The molecule has 1 aromatic heterocycles. The van der Waals surface area contributed by atoms with Crippen molar-refractivity contribution in [2.24, 2.45) is 0 Å². The maximum atomic E-state index is 12.7. The molecule has 1 aliphatic heterocycles. The van der Waals surface area contributed by atoms with Crippen LogP contribution in [0.25, 0.3) is 11.3 Å². The second kappa shape index (κ2) is 8.73. The molecule has 152 valence electrons. The third-order valence-electron chi connectivity index (χ3n) is 5.13. The van der Waals surface area contributed by atoms with Gasteiger partial charge in [0.15, 0.2) is 0 Å². The van der Waals surface area contributed by atoms with Crippen LogP contribution in [0.3, 0.4) is 0 Å². The third-order valence-corrected chi connectivity index (χ3v) is 5.13. The van der Waals surface area contributed by atoms with Crippen molar-refractivity contribution in [3.63, 3.8) is 0 Å². The number of rotatable bonds is 4. The van der Waals surface area contributed by atoms with E-state index >= 15 is 0 Å². The van der Waals surface area contributed by atoms with E-state index in [1.54, 1.807) is 35.1 Å². The first-order valence-electron chi connectivity index (χ1n) is 9.90. The van der Waals surface area contributed by atoms with Gasteiger partial charge in [-0.25, -0.2) is 9.97 Å². The molecule has 7 heteroatoms. The number of amides is 2. The van der Waals surface area contributed by atoms with Crippen LogP contribution in [-0.4, -0.2) is 57.8 Å². The standard InChI is InChI=1S/C23H23N5O2/c1-17(29)27-13-15-28(16-14-27)22(30)19-7-9-20(10-8-19)25-23-24-12-11-21(26-23)18-5-3-2-4-6-18/h2-12H,13-16H2,1H3,(H,24,25,26). The summed E-state index contributed by atoms with van der Waals surface area (Å²) in [5.41, 5.74) is 3.28. The van der Waals surface area contributed by atoms with Crippen LogP contribution < -0.4 is 5.32 Å². The minimum absolute atomic E-state index is 0.0212. The van der Waals surface area contributed by atoms with Gasteiger partial charge in [-0.05, 0) is 30.3 Å². The summed E-state index contributed by atoms with van der Waals surface area (Å²) in [6.07, 6.45) is 1.72. The zero-order valence-electron chi connectivity index (χ0n) is 16.8. The van der Waals surface area contributed by atoms with E-state index in [2.05, 4.69) is 15.3 Å². The molecule has 2 heterocycles. The molecule has 0 radical (unpaired) electrons. The van der Waals surface area contributed by atoms with Crippen LogP contribution >= 0.6 is 0 Å². The number of hydrogen-bond donors (Lipinski definition) is 1. The van der Waals surface area contributed by atoms with E-state index in [-0.39, 0.29) is 11.8 Å². The van der Waals surface area contributed by atoms with Gasteiger partial charge in [0.25, 0.3) is 5.91 Å². The summed E-state index contributed by atoms with van der Waals surface area (Å²) in [5.74, 6) is 0.527. The van der Waals surface area contributed by atoms with E-state index in [1.165, 1.54) is 0 Å². The first kappa shape index (κ1) is 19.6. The Hall–Kier alpha value is -3.74. The van der Waals surface area contributed by atoms with Crippen molar-refractivity contribution in [2.75, 3.05) is 31.5 Å². The molecule has 0 bridgehead atoms. The Balaban J connectivity index is 1.41. The van der Waals surface area contributed by atoms with Gasteiger partial charge < -0.3 is 15.1 Å². The third kappa shape index (κ3) is 4.46. The van der Waals surface area contributed by atoms with Gasteiger partial charge in [0, 0.05) is 56.1 Å². The predicted octanol–water partition coefficient (Wildman–Crippen LogP) is 3.19. The number of hydrogen-bond acceptors (Lipinski definition) is 5. The number of nitrogens with one attached hydrogen (secondary N) is 1. The Kier molecular flexibility index (Phi) is 5.70. The Bertz CT molecular complexity index is 1030. The molecule has 1 aliphatic rings. The molecule has 7 nitrogen and oxygen atoms in total. The first-order valence-corrected chi connectivity index (χ1v) is 9.90. The summed E-state index contributed by atoms with van der Waals surface area (Å²) >= 11 is 0. The Morgan fingerprint density at radius 1 is 0.867 bits per heavy atom. The zero-order chi connectivity index (χ0) is 20.9. The van der Waals surface area contributed by atoms with E-state index in [0.29, 0.717) is 37.7 Å². The van der Waals surface area contributed by atoms with E-state index in [4.69, 9.17) is 0 Å². The zero-order valence-corrected chi connectivity index (χ0v) is 16.8. The Morgan fingerprint density at radius 3 is 2.20 bits per heavy atom. The molecule has 1 N–H and O–H groups in total. The number of anilines is 2. The molecule has 0 spiro atoms. The number of nitrogens with zero attached hydrogens (tertiary/aromatic N) is 4. The average molecular weight is 401 g/mol. The highest BCUT2D eigenvalue weighted by Gasteiger charge is 2.23. The second-order valence-electron chi connectivity index (χ2n) is 7.13. The molecule has 0 atom stereocenters. The fourth-order valence-corrected chi connectivity index (χ4v) is 3.42. The molecule has 4 rings (SSSR count). The average Bonchev–Trinajstić information content (AvgIpc) is 2.80. The molecule has 2 aromatic carbocycles.